The number of anilines is 1. The zero-order valence-corrected chi connectivity index (χ0v) is 9.07. The van der Waals surface area contributed by atoms with Crippen LogP contribution in [0.2, 0.25) is 0 Å². The zero-order chi connectivity index (χ0) is 10.2. The first-order valence-electron chi connectivity index (χ1n) is 4.47. The van der Waals surface area contributed by atoms with Gasteiger partial charge in [0, 0.05) is 16.6 Å². The van der Waals surface area contributed by atoms with E-state index in [1.54, 1.807) is 0 Å². The molecule has 1 aliphatic rings. The topological polar surface area (TPSA) is 12.0 Å². The Balaban J connectivity index is 2.30. The normalized spacial score (nSPS) is 19.4. The van der Waals surface area contributed by atoms with Gasteiger partial charge in [0.1, 0.15) is 0 Å². The van der Waals surface area contributed by atoms with Crippen LogP contribution in [-0.2, 0) is 6.42 Å². The van der Waals surface area contributed by atoms with Crippen LogP contribution in [-0.4, -0.2) is 12.5 Å². The molecule has 0 saturated carbocycles. The number of fused-ring (bicyclic) bond motifs is 1. The standard InChI is InChI=1S/C10H10BrF2N/c11-8-1-2-9-7(5-8)3-4-10(12,13)6-14-9/h1-2,5,14H,3-4,6H2. The van der Waals surface area contributed by atoms with Crippen molar-refractivity contribution in [3.63, 3.8) is 0 Å². The van der Waals surface area contributed by atoms with Gasteiger partial charge in [-0.3, -0.25) is 0 Å². The van der Waals surface area contributed by atoms with Crippen molar-refractivity contribution in [2.45, 2.75) is 18.8 Å². The van der Waals surface area contributed by atoms with Gasteiger partial charge in [-0.1, -0.05) is 15.9 Å². The number of hydrogen-bond donors (Lipinski definition) is 1. The quantitative estimate of drug-likeness (QED) is 0.755. The third kappa shape index (κ3) is 2.05. The molecule has 1 N–H and O–H groups in total. The summed E-state index contributed by atoms with van der Waals surface area (Å²) in [6.45, 7) is -0.262. The summed E-state index contributed by atoms with van der Waals surface area (Å²) in [4.78, 5) is 0. The van der Waals surface area contributed by atoms with Crippen LogP contribution in [0.1, 0.15) is 12.0 Å². The van der Waals surface area contributed by atoms with E-state index in [0.29, 0.717) is 6.42 Å². The molecule has 0 unspecified atom stereocenters. The second-order valence-electron chi connectivity index (χ2n) is 3.51. The predicted octanol–water partition coefficient (Wildman–Crippen LogP) is 3.44. The van der Waals surface area contributed by atoms with E-state index in [1.165, 1.54) is 0 Å². The molecule has 0 aromatic heterocycles. The molecule has 0 radical (unpaired) electrons. The number of halogens is 3. The van der Waals surface area contributed by atoms with Crippen LogP contribution >= 0.6 is 15.9 Å². The third-order valence-electron chi connectivity index (χ3n) is 2.36. The van der Waals surface area contributed by atoms with E-state index in [1.807, 2.05) is 18.2 Å². The summed E-state index contributed by atoms with van der Waals surface area (Å²) >= 11 is 3.33. The smallest absolute Gasteiger partial charge is 0.265 e. The van der Waals surface area contributed by atoms with Crippen LogP contribution in [0.15, 0.2) is 22.7 Å². The summed E-state index contributed by atoms with van der Waals surface area (Å²) in [6.07, 6.45) is 0.345. The molecule has 0 amide bonds. The molecule has 1 aromatic carbocycles. The molecule has 0 bridgehead atoms. The molecule has 14 heavy (non-hydrogen) atoms. The van der Waals surface area contributed by atoms with E-state index >= 15 is 0 Å². The van der Waals surface area contributed by atoms with Crippen molar-refractivity contribution in [3.8, 4) is 0 Å². The highest BCUT2D eigenvalue weighted by atomic mass is 79.9. The van der Waals surface area contributed by atoms with Gasteiger partial charge < -0.3 is 5.32 Å². The molecule has 0 spiro atoms. The minimum Gasteiger partial charge on any atom is -0.379 e. The maximum Gasteiger partial charge on any atom is 0.265 e. The van der Waals surface area contributed by atoms with Gasteiger partial charge >= 0.3 is 0 Å². The van der Waals surface area contributed by atoms with E-state index in [2.05, 4.69) is 21.2 Å². The van der Waals surface area contributed by atoms with Gasteiger partial charge in [0.2, 0.25) is 0 Å². The average Bonchev–Trinajstić information content (AvgIpc) is 2.26. The fourth-order valence-corrected chi connectivity index (χ4v) is 1.98. The molecular weight excluding hydrogens is 252 g/mol. The minimum atomic E-state index is -2.59. The number of hydrogen-bond acceptors (Lipinski definition) is 1. The zero-order valence-electron chi connectivity index (χ0n) is 7.49. The Morgan fingerprint density at radius 2 is 2.14 bits per heavy atom. The maximum atomic E-state index is 13.1. The van der Waals surface area contributed by atoms with Crippen molar-refractivity contribution >= 4 is 21.6 Å². The molecule has 1 aliphatic heterocycles. The highest BCUT2D eigenvalue weighted by Crippen LogP contribution is 2.30. The van der Waals surface area contributed by atoms with Gasteiger partial charge in [-0.05, 0) is 30.2 Å². The number of rotatable bonds is 0. The molecule has 0 aliphatic carbocycles. The van der Waals surface area contributed by atoms with Crippen molar-refractivity contribution < 1.29 is 8.78 Å². The van der Waals surface area contributed by atoms with Crippen LogP contribution < -0.4 is 5.32 Å². The lowest BCUT2D eigenvalue weighted by Crippen LogP contribution is -2.25. The van der Waals surface area contributed by atoms with Crippen LogP contribution in [0.5, 0.6) is 0 Å². The van der Waals surface area contributed by atoms with Gasteiger partial charge in [0.15, 0.2) is 0 Å². The summed E-state index contributed by atoms with van der Waals surface area (Å²) in [5, 5.41) is 2.77. The summed E-state index contributed by atoms with van der Waals surface area (Å²) < 4.78 is 27.0. The van der Waals surface area contributed by atoms with Crippen LogP contribution in [0.4, 0.5) is 14.5 Å². The van der Waals surface area contributed by atoms with Crippen molar-refractivity contribution in [1.29, 1.82) is 0 Å². The predicted molar refractivity (Wildman–Crippen MR) is 55.9 cm³/mol. The molecule has 76 valence electrons. The van der Waals surface area contributed by atoms with Gasteiger partial charge in [0.25, 0.3) is 5.92 Å². The van der Waals surface area contributed by atoms with Crippen molar-refractivity contribution in [2.75, 3.05) is 11.9 Å². The largest absolute Gasteiger partial charge is 0.379 e. The number of benzene rings is 1. The number of aryl methyl sites for hydroxylation is 1. The summed E-state index contributed by atoms with van der Waals surface area (Å²) in [7, 11) is 0. The fraction of sp³-hybridized carbons (Fsp3) is 0.400. The summed E-state index contributed by atoms with van der Waals surface area (Å²) in [5.41, 5.74) is 1.78. The second kappa shape index (κ2) is 3.50. The van der Waals surface area contributed by atoms with Crippen molar-refractivity contribution in [1.82, 2.24) is 0 Å². The molecule has 1 heterocycles. The highest BCUT2D eigenvalue weighted by Gasteiger charge is 2.31. The minimum absolute atomic E-state index is 0.0799. The van der Waals surface area contributed by atoms with Gasteiger partial charge in [-0.15, -0.1) is 0 Å². The van der Waals surface area contributed by atoms with E-state index in [0.717, 1.165) is 15.7 Å². The van der Waals surface area contributed by atoms with Crippen molar-refractivity contribution in [3.05, 3.63) is 28.2 Å². The Morgan fingerprint density at radius 3 is 2.93 bits per heavy atom. The van der Waals surface area contributed by atoms with E-state index in [4.69, 9.17) is 0 Å². The Labute approximate surface area is 89.6 Å². The Bertz CT molecular complexity index is 352. The van der Waals surface area contributed by atoms with E-state index in [-0.39, 0.29) is 13.0 Å². The van der Waals surface area contributed by atoms with Crippen LogP contribution in [0.25, 0.3) is 0 Å². The number of nitrogens with one attached hydrogen (secondary N) is 1. The molecule has 0 atom stereocenters. The molecule has 0 saturated heterocycles. The number of alkyl halides is 2. The molecule has 1 nitrogen and oxygen atoms in total. The molecule has 0 fully saturated rings. The third-order valence-corrected chi connectivity index (χ3v) is 2.86. The van der Waals surface area contributed by atoms with Gasteiger partial charge in [0.05, 0.1) is 6.54 Å². The first-order chi connectivity index (χ1) is 6.57. The highest BCUT2D eigenvalue weighted by molar-refractivity contribution is 9.10. The fourth-order valence-electron chi connectivity index (χ4n) is 1.57. The lowest BCUT2D eigenvalue weighted by atomic mass is 10.1. The van der Waals surface area contributed by atoms with Crippen molar-refractivity contribution in [2.24, 2.45) is 0 Å². The van der Waals surface area contributed by atoms with Crippen LogP contribution in [0, 0.1) is 0 Å². The first-order valence-corrected chi connectivity index (χ1v) is 5.26. The maximum absolute atomic E-state index is 13.1. The monoisotopic (exact) mass is 261 g/mol. The Hall–Kier alpha value is -0.640. The van der Waals surface area contributed by atoms with E-state index in [9.17, 15) is 8.78 Å². The average molecular weight is 262 g/mol. The summed E-state index contributed by atoms with van der Waals surface area (Å²) in [6, 6.07) is 5.58. The first kappa shape index (κ1) is 9.90. The van der Waals surface area contributed by atoms with Crippen LogP contribution in [0.3, 0.4) is 0 Å². The molecular formula is C10H10BrF2N. The molecule has 2 rings (SSSR count). The Morgan fingerprint density at radius 1 is 1.36 bits per heavy atom. The lowest BCUT2D eigenvalue weighted by Gasteiger charge is -2.12. The Kier molecular flexibility index (Phi) is 2.47. The molecule has 1 aromatic rings. The van der Waals surface area contributed by atoms with Gasteiger partial charge in [-0.25, -0.2) is 8.78 Å². The lowest BCUT2D eigenvalue weighted by molar-refractivity contribution is 0.00842. The summed E-state index contributed by atoms with van der Waals surface area (Å²) in [5.74, 6) is -2.59. The van der Waals surface area contributed by atoms with E-state index < -0.39 is 5.92 Å². The molecule has 4 heteroatoms. The SMILES string of the molecule is FC1(F)CCc2cc(Br)ccc2NC1. The van der Waals surface area contributed by atoms with Gasteiger partial charge in [-0.2, -0.15) is 0 Å². The second-order valence-corrected chi connectivity index (χ2v) is 4.43.